The highest BCUT2D eigenvalue weighted by Crippen LogP contribution is 2.22. The molecule has 1 rings (SSSR count). The number of nitrogens with one attached hydrogen (secondary N) is 1. The molecule has 1 aromatic rings. The number of alkyl halides is 4. The Labute approximate surface area is 128 Å². The van der Waals surface area contributed by atoms with Crippen molar-refractivity contribution in [1.82, 2.24) is 15.0 Å². The minimum absolute atomic E-state index is 0.126. The van der Waals surface area contributed by atoms with E-state index < -0.39 is 30.8 Å². The number of nitrogens with two attached hydrogens (primary N) is 2. The zero-order valence-electron chi connectivity index (χ0n) is 12.1. The van der Waals surface area contributed by atoms with Gasteiger partial charge in [-0.15, -0.1) is 5.10 Å². The Morgan fingerprint density at radius 1 is 1.39 bits per heavy atom. The summed E-state index contributed by atoms with van der Waals surface area (Å²) in [6.45, 7) is -0.979. The molecule has 0 saturated carbocycles. The number of primary amides is 1. The van der Waals surface area contributed by atoms with E-state index in [-0.39, 0.29) is 12.2 Å². The number of hydrogen-bond donors (Lipinski definition) is 3. The predicted octanol–water partition coefficient (Wildman–Crippen LogP) is 0.561. The van der Waals surface area contributed by atoms with E-state index in [1.807, 2.05) is 0 Å². The summed E-state index contributed by atoms with van der Waals surface area (Å²) >= 11 is 0. The molecular formula is C11H17F4N7O. The van der Waals surface area contributed by atoms with E-state index in [0.717, 1.165) is 0 Å². The van der Waals surface area contributed by atoms with Crippen LogP contribution in [0.4, 0.5) is 23.4 Å². The molecular weight excluding hydrogens is 322 g/mol. The monoisotopic (exact) mass is 339 g/mol. The zero-order valence-corrected chi connectivity index (χ0v) is 12.1. The van der Waals surface area contributed by atoms with Gasteiger partial charge in [-0.1, -0.05) is 5.21 Å². The second kappa shape index (κ2) is 8.29. The zero-order chi connectivity index (χ0) is 17.5. The van der Waals surface area contributed by atoms with Crippen LogP contribution in [0, 0.1) is 0 Å². The molecule has 130 valence electrons. The second-order valence-electron chi connectivity index (χ2n) is 4.68. The minimum atomic E-state index is -4.25. The van der Waals surface area contributed by atoms with E-state index in [9.17, 15) is 22.4 Å². The largest absolute Gasteiger partial charge is 0.370 e. The molecule has 12 heteroatoms. The van der Waals surface area contributed by atoms with Crippen molar-refractivity contribution in [2.75, 3.05) is 11.9 Å². The summed E-state index contributed by atoms with van der Waals surface area (Å²) in [5, 5.41) is 9.76. The average molecular weight is 339 g/mol. The van der Waals surface area contributed by atoms with Crippen LogP contribution in [0.3, 0.4) is 0 Å². The maximum Gasteiger partial charge on any atom is 0.326 e. The Morgan fingerprint density at radius 3 is 2.70 bits per heavy atom. The van der Waals surface area contributed by atoms with Crippen LogP contribution in [0.15, 0.2) is 11.2 Å². The predicted molar refractivity (Wildman–Crippen MR) is 74.1 cm³/mol. The maximum atomic E-state index is 12.7. The number of aliphatic imine (C=N–C) groups is 1. The number of carbonyl (C=O) groups is 1. The van der Waals surface area contributed by atoms with Gasteiger partial charge in [0.1, 0.15) is 6.54 Å². The summed E-state index contributed by atoms with van der Waals surface area (Å²) in [5.41, 5.74) is 10.3. The van der Waals surface area contributed by atoms with Crippen LogP contribution < -0.4 is 16.8 Å². The van der Waals surface area contributed by atoms with Gasteiger partial charge in [-0.25, -0.2) is 13.8 Å². The van der Waals surface area contributed by atoms with Crippen molar-refractivity contribution in [3.63, 3.8) is 0 Å². The van der Waals surface area contributed by atoms with Gasteiger partial charge in [-0.05, 0) is 12.8 Å². The lowest BCUT2D eigenvalue weighted by Gasteiger charge is -2.12. The van der Waals surface area contributed by atoms with Crippen LogP contribution in [0.25, 0.3) is 0 Å². The highest BCUT2D eigenvalue weighted by Gasteiger charge is 2.40. The number of hydrogen-bond acceptors (Lipinski definition) is 4. The number of rotatable bonds is 9. The van der Waals surface area contributed by atoms with Crippen LogP contribution in [0.1, 0.15) is 19.3 Å². The molecule has 0 atom stereocenters. The van der Waals surface area contributed by atoms with Crippen molar-refractivity contribution in [2.24, 2.45) is 16.5 Å². The first-order valence-corrected chi connectivity index (χ1v) is 6.62. The summed E-state index contributed by atoms with van der Waals surface area (Å²) < 4.78 is 50.7. The smallest absolute Gasteiger partial charge is 0.326 e. The van der Waals surface area contributed by atoms with Crippen molar-refractivity contribution >= 4 is 17.7 Å². The Bertz CT molecular complexity index is 546. The molecule has 0 aliphatic rings. The summed E-state index contributed by atoms with van der Waals surface area (Å²) in [7, 11) is 0. The van der Waals surface area contributed by atoms with Gasteiger partial charge in [0.15, 0.2) is 11.8 Å². The lowest BCUT2D eigenvalue weighted by molar-refractivity contribution is -0.119. The van der Waals surface area contributed by atoms with Crippen LogP contribution in [0.2, 0.25) is 0 Å². The average Bonchev–Trinajstić information content (AvgIpc) is 2.88. The number of anilines is 1. The molecule has 0 bridgehead atoms. The van der Waals surface area contributed by atoms with Crippen molar-refractivity contribution in [3.8, 4) is 0 Å². The Kier molecular flexibility index (Phi) is 6.72. The van der Waals surface area contributed by atoms with Gasteiger partial charge in [0, 0.05) is 13.0 Å². The van der Waals surface area contributed by atoms with Crippen molar-refractivity contribution in [3.05, 3.63) is 6.20 Å². The van der Waals surface area contributed by atoms with Gasteiger partial charge >= 0.3 is 12.3 Å². The molecule has 8 nitrogen and oxygen atoms in total. The number of unbranched alkanes of at least 4 members (excludes halogenated alkanes) is 1. The molecule has 0 saturated heterocycles. The summed E-state index contributed by atoms with van der Waals surface area (Å²) in [6.07, 6.45) is -0.907. The van der Waals surface area contributed by atoms with Crippen LogP contribution in [-0.4, -0.2) is 45.8 Å². The number of amides is 1. The van der Waals surface area contributed by atoms with E-state index in [4.69, 9.17) is 11.5 Å². The van der Waals surface area contributed by atoms with E-state index in [1.165, 1.54) is 10.9 Å². The Hall–Kier alpha value is -2.40. The quantitative estimate of drug-likeness (QED) is 0.262. The molecule has 1 amide bonds. The fraction of sp³-hybridized carbons (Fsp3) is 0.636. The van der Waals surface area contributed by atoms with Crippen LogP contribution in [-0.2, 0) is 11.3 Å². The van der Waals surface area contributed by atoms with Gasteiger partial charge in [-0.2, -0.15) is 8.78 Å². The lowest BCUT2D eigenvalue weighted by atomic mass is 10.2. The molecule has 1 heterocycles. The fourth-order valence-corrected chi connectivity index (χ4v) is 1.47. The molecule has 0 unspecified atom stereocenters. The number of carbonyl (C=O) groups excluding carboxylic acids is 1. The number of aryl methyl sites for hydroxylation is 1. The number of guanidine groups is 1. The third-order valence-corrected chi connectivity index (χ3v) is 2.63. The number of halogens is 4. The third-order valence-electron chi connectivity index (χ3n) is 2.63. The van der Waals surface area contributed by atoms with Gasteiger partial charge in [0.05, 0.1) is 6.20 Å². The van der Waals surface area contributed by atoms with E-state index in [1.54, 1.807) is 0 Å². The summed E-state index contributed by atoms with van der Waals surface area (Å²) in [6, 6.07) is 0. The van der Waals surface area contributed by atoms with Crippen molar-refractivity contribution < 1.29 is 22.4 Å². The number of nitrogens with zero attached hydrogens (tertiary/aromatic N) is 4. The third kappa shape index (κ3) is 6.93. The van der Waals surface area contributed by atoms with Gasteiger partial charge in [-0.3, -0.25) is 9.48 Å². The van der Waals surface area contributed by atoms with E-state index in [0.29, 0.717) is 19.4 Å². The maximum absolute atomic E-state index is 12.7. The molecule has 0 spiro atoms. The standard InChI is InChI=1S/C11H17F4N7O/c12-9(13)11(14,15)6-18-10(17)19-8-5-22(21-20-8)4-2-1-3-7(16)23/h5,9H,1-4,6H2,(H2,16,23)(H3,17,18,19). The van der Waals surface area contributed by atoms with E-state index in [2.05, 4.69) is 20.6 Å². The molecule has 1 aromatic heterocycles. The Balaban J connectivity index is 2.44. The first-order valence-electron chi connectivity index (χ1n) is 6.62. The lowest BCUT2D eigenvalue weighted by Crippen LogP contribution is -2.32. The molecule has 0 fully saturated rings. The van der Waals surface area contributed by atoms with Crippen LogP contribution >= 0.6 is 0 Å². The normalized spacial score (nSPS) is 12.7. The molecule has 0 aliphatic heterocycles. The Morgan fingerprint density at radius 2 is 2.09 bits per heavy atom. The van der Waals surface area contributed by atoms with Gasteiger partial charge in [0.25, 0.3) is 0 Å². The molecule has 5 N–H and O–H groups in total. The topological polar surface area (TPSA) is 124 Å². The highest BCUT2D eigenvalue weighted by molar-refractivity contribution is 5.91. The van der Waals surface area contributed by atoms with Gasteiger partial charge in [0.2, 0.25) is 5.91 Å². The highest BCUT2D eigenvalue weighted by atomic mass is 19.3. The van der Waals surface area contributed by atoms with E-state index >= 15 is 0 Å². The van der Waals surface area contributed by atoms with Crippen LogP contribution in [0.5, 0.6) is 0 Å². The molecule has 0 aromatic carbocycles. The van der Waals surface area contributed by atoms with Crippen molar-refractivity contribution in [2.45, 2.75) is 38.2 Å². The fourth-order valence-electron chi connectivity index (χ4n) is 1.47. The van der Waals surface area contributed by atoms with Gasteiger partial charge < -0.3 is 16.8 Å². The summed E-state index contributed by atoms with van der Waals surface area (Å²) in [5.74, 6) is -4.99. The number of aromatic nitrogens is 3. The summed E-state index contributed by atoms with van der Waals surface area (Å²) in [4.78, 5) is 13.7. The van der Waals surface area contributed by atoms with Crippen molar-refractivity contribution in [1.29, 1.82) is 0 Å². The minimum Gasteiger partial charge on any atom is -0.370 e. The molecule has 0 aliphatic carbocycles. The second-order valence-corrected chi connectivity index (χ2v) is 4.68. The molecule has 0 radical (unpaired) electrons. The SMILES string of the molecule is NC(=O)CCCCn1cc(NC(N)=NCC(F)(F)C(F)F)nn1. The molecule has 23 heavy (non-hydrogen) atoms. The first-order chi connectivity index (χ1) is 10.7. The first kappa shape index (κ1) is 18.6.